The second-order valence-corrected chi connectivity index (χ2v) is 2.68. The fraction of sp³-hybridized carbons (Fsp3) is 0.556. The van der Waals surface area contributed by atoms with E-state index in [0.717, 1.165) is 6.42 Å². The van der Waals surface area contributed by atoms with Crippen molar-refractivity contribution < 1.29 is 5.11 Å². The fourth-order valence-electron chi connectivity index (χ4n) is 0.572. The first-order valence-electron chi connectivity index (χ1n) is 3.60. The molecule has 0 rings (SSSR count). The predicted octanol–water partition coefficient (Wildman–Crippen LogP) is 2.14. The van der Waals surface area contributed by atoms with Crippen molar-refractivity contribution >= 4 is 0 Å². The van der Waals surface area contributed by atoms with Crippen molar-refractivity contribution in [1.29, 1.82) is 0 Å². The minimum atomic E-state index is -0.226. The van der Waals surface area contributed by atoms with E-state index in [4.69, 9.17) is 5.11 Å². The van der Waals surface area contributed by atoms with Crippen molar-refractivity contribution in [3.63, 3.8) is 0 Å². The van der Waals surface area contributed by atoms with Crippen LogP contribution in [0.1, 0.15) is 20.3 Å². The normalized spacial score (nSPS) is 17.1. The highest BCUT2D eigenvalue weighted by Gasteiger charge is 2.12. The molecule has 1 nitrogen and oxygen atoms in total. The lowest BCUT2D eigenvalue weighted by molar-refractivity contribution is 0.220. The largest absolute Gasteiger partial charge is 0.395 e. The highest BCUT2D eigenvalue weighted by atomic mass is 16.3. The Morgan fingerprint density at radius 3 is 2.50 bits per heavy atom. The first kappa shape index (κ1) is 9.44. The van der Waals surface area contributed by atoms with Gasteiger partial charge in [-0.05, 0) is 6.42 Å². The number of aliphatic hydroxyl groups is 1. The lowest BCUT2D eigenvalue weighted by atomic mass is 9.91. The summed E-state index contributed by atoms with van der Waals surface area (Å²) in [6.45, 7) is 7.79. The molecule has 10 heavy (non-hydrogen) atoms. The van der Waals surface area contributed by atoms with E-state index in [1.807, 2.05) is 19.1 Å². The van der Waals surface area contributed by atoms with Crippen molar-refractivity contribution in [2.45, 2.75) is 20.3 Å². The van der Waals surface area contributed by atoms with E-state index in [0.29, 0.717) is 0 Å². The molecule has 0 spiro atoms. The van der Waals surface area contributed by atoms with E-state index in [1.54, 1.807) is 6.08 Å². The van der Waals surface area contributed by atoms with E-state index < -0.39 is 0 Å². The van der Waals surface area contributed by atoms with Crippen LogP contribution in [0.15, 0.2) is 24.8 Å². The zero-order chi connectivity index (χ0) is 8.04. The second-order valence-electron chi connectivity index (χ2n) is 2.68. The summed E-state index contributed by atoms with van der Waals surface area (Å²) in [6.07, 6.45) is 6.79. The van der Waals surface area contributed by atoms with Crippen molar-refractivity contribution in [3.05, 3.63) is 24.8 Å². The molecule has 0 aromatic carbocycles. The summed E-state index contributed by atoms with van der Waals surface area (Å²) in [4.78, 5) is 0. The van der Waals surface area contributed by atoms with Gasteiger partial charge in [0.15, 0.2) is 0 Å². The average Bonchev–Trinajstić information content (AvgIpc) is 2.00. The highest BCUT2D eigenvalue weighted by molar-refractivity contribution is 5.06. The van der Waals surface area contributed by atoms with Gasteiger partial charge in [-0.15, -0.1) is 6.58 Å². The van der Waals surface area contributed by atoms with E-state index in [1.165, 1.54) is 0 Å². The molecular weight excluding hydrogens is 124 g/mol. The van der Waals surface area contributed by atoms with Crippen LogP contribution in [0.3, 0.4) is 0 Å². The molecule has 0 aliphatic rings. The molecule has 1 atom stereocenters. The van der Waals surface area contributed by atoms with Crippen molar-refractivity contribution in [3.8, 4) is 0 Å². The minimum Gasteiger partial charge on any atom is -0.395 e. The van der Waals surface area contributed by atoms with Crippen LogP contribution in [0.4, 0.5) is 0 Å². The van der Waals surface area contributed by atoms with Crippen LogP contribution < -0.4 is 0 Å². The van der Waals surface area contributed by atoms with Gasteiger partial charge >= 0.3 is 0 Å². The van der Waals surface area contributed by atoms with Crippen molar-refractivity contribution in [2.75, 3.05) is 6.61 Å². The summed E-state index contributed by atoms with van der Waals surface area (Å²) < 4.78 is 0. The van der Waals surface area contributed by atoms with Gasteiger partial charge in [-0.3, -0.25) is 0 Å². The molecule has 0 bridgehead atoms. The molecule has 1 N–H and O–H groups in total. The smallest absolute Gasteiger partial charge is 0.0554 e. The van der Waals surface area contributed by atoms with Crippen LogP contribution in [0, 0.1) is 5.41 Å². The standard InChI is InChI=1S/C9H16O/c1-4-6-7-9(3,5-2)8-10/h5-7,10H,2,4,8H2,1,3H3. The summed E-state index contributed by atoms with van der Waals surface area (Å²) in [5, 5.41) is 8.89. The molecule has 58 valence electrons. The lowest BCUT2D eigenvalue weighted by Crippen LogP contribution is -2.14. The van der Waals surface area contributed by atoms with Crippen molar-refractivity contribution in [1.82, 2.24) is 0 Å². The molecule has 0 saturated carbocycles. The van der Waals surface area contributed by atoms with Gasteiger partial charge in [-0.2, -0.15) is 0 Å². The molecule has 0 fully saturated rings. The Morgan fingerprint density at radius 2 is 2.20 bits per heavy atom. The van der Waals surface area contributed by atoms with Gasteiger partial charge in [0.25, 0.3) is 0 Å². The summed E-state index contributed by atoms with van der Waals surface area (Å²) >= 11 is 0. The summed E-state index contributed by atoms with van der Waals surface area (Å²) in [5.74, 6) is 0. The second kappa shape index (κ2) is 4.29. The van der Waals surface area contributed by atoms with Crippen LogP contribution in [0.25, 0.3) is 0 Å². The monoisotopic (exact) mass is 140 g/mol. The van der Waals surface area contributed by atoms with Gasteiger partial charge in [-0.25, -0.2) is 0 Å². The molecule has 0 aliphatic heterocycles. The predicted molar refractivity (Wildman–Crippen MR) is 44.8 cm³/mol. The molecule has 0 heterocycles. The Balaban J connectivity index is 4.05. The fourth-order valence-corrected chi connectivity index (χ4v) is 0.572. The van der Waals surface area contributed by atoms with Gasteiger partial charge < -0.3 is 5.11 Å². The molecule has 0 radical (unpaired) electrons. The van der Waals surface area contributed by atoms with Crippen LogP contribution in [-0.4, -0.2) is 11.7 Å². The van der Waals surface area contributed by atoms with Gasteiger partial charge in [0.2, 0.25) is 0 Å². The van der Waals surface area contributed by atoms with Gasteiger partial charge in [0, 0.05) is 5.41 Å². The van der Waals surface area contributed by atoms with Crippen LogP contribution >= 0.6 is 0 Å². The molecule has 0 saturated heterocycles. The lowest BCUT2D eigenvalue weighted by Gasteiger charge is -2.16. The number of allylic oxidation sites excluding steroid dienone is 1. The highest BCUT2D eigenvalue weighted by Crippen LogP contribution is 2.18. The maximum atomic E-state index is 8.89. The number of hydrogen-bond donors (Lipinski definition) is 1. The molecular formula is C9H16O. The average molecular weight is 140 g/mol. The molecule has 0 aromatic heterocycles. The quantitative estimate of drug-likeness (QED) is 0.593. The van der Waals surface area contributed by atoms with E-state index in [2.05, 4.69) is 13.5 Å². The molecule has 0 aromatic rings. The summed E-state index contributed by atoms with van der Waals surface area (Å²) in [7, 11) is 0. The Kier molecular flexibility index (Phi) is 4.05. The van der Waals surface area contributed by atoms with Gasteiger partial charge in [0.1, 0.15) is 0 Å². The zero-order valence-electron chi connectivity index (χ0n) is 6.80. The van der Waals surface area contributed by atoms with E-state index in [-0.39, 0.29) is 12.0 Å². The van der Waals surface area contributed by atoms with Gasteiger partial charge in [-0.1, -0.05) is 32.1 Å². The number of aliphatic hydroxyl groups excluding tert-OH is 1. The Morgan fingerprint density at radius 1 is 1.60 bits per heavy atom. The zero-order valence-corrected chi connectivity index (χ0v) is 6.80. The molecule has 0 amide bonds. The third kappa shape index (κ3) is 2.83. The SMILES string of the molecule is C=CC(C)(C=CCC)CO. The topological polar surface area (TPSA) is 20.2 Å². The Labute approximate surface area is 63.1 Å². The number of hydrogen-bond acceptors (Lipinski definition) is 1. The van der Waals surface area contributed by atoms with Gasteiger partial charge in [0.05, 0.1) is 6.61 Å². The Bertz CT molecular complexity index is 127. The maximum Gasteiger partial charge on any atom is 0.0554 e. The van der Waals surface area contributed by atoms with Crippen LogP contribution in [0.5, 0.6) is 0 Å². The van der Waals surface area contributed by atoms with E-state index >= 15 is 0 Å². The summed E-state index contributed by atoms with van der Waals surface area (Å²) in [5.41, 5.74) is -0.226. The maximum absolute atomic E-state index is 8.89. The first-order chi connectivity index (χ1) is 4.68. The van der Waals surface area contributed by atoms with E-state index in [9.17, 15) is 0 Å². The minimum absolute atomic E-state index is 0.132. The first-order valence-corrected chi connectivity index (χ1v) is 3.60. The third-order valence-electron chi connectivity index (χ3n) is 1.54. The van der Waals surface area contributed by atoms with Crippen LogP contribution in [0.2, 0.25) is 0 Å². The third-order valence-corrected chi connectivity index (χ3v) is 1.54. The summed E-state index contributed by atoms with van der Waals surface area (Å²) in [6, 6.07) is 0. The molecule has 1 heteroatoms. The molecule has 1 unspecified atom stereocenters. The number of rotatable bonds is 4. The molecule has 0 aliphatic carbocycles. The van der Waals surface area contributed by atoms with Crippen molar-refractivity contribution in [2.24, 2.45) is 5.41 Å². The van der Waals surface area contributed by atoms with Crippen LogP contribution in [-0.2, 0) is 0 Å². The Hall–Kier alpha value is -0.560.